The van der Waals surface area contributed by atoms with Crippen molar-refractivity contribution in [1.29, 1.82) is 0 Å². The van der Waals surface area contributed by atoms with Crippen molar-refractivity contribution >= 4 is 35.0 Å². The number of hydrogen-bond donors (Lipinski definition) is 1. The molecule has 0 saturated carbocycles. The van der Waals surface area contributed by atoms with Crippen molar-refractivity contribution in [3.8, 4) is 11.5 Å². The van der Waals surface area contributed by atoms with Gasteiger partial charge < -0.3 is 19.7 Å². The number of benzene rings is 2. The molecule has 1 N–H and O–H groups in total. The minimum absolute atomic E-state index is 0.0382. The molecule has 1 unspecified atom stereocenters. The number of halogens is 2. The van der Waals surface area contributed by atoms with Crippen LogP contribution in [0.25, 0.3) is 0 Å². The van der Waals surface area contributed by atoms with Crippen molar-refractivity contribution < 1.29 is 19.1 Å². The summed E-state index contributed by atoms with van der Waals surface area (Å²) in [6, 6.07) is 11.7. The van der Waals surface area contributed by atoms with Crippen molar-refractivity contribution in [2.45, 2.75) is 52.2 Å². The predicted molar refractivity (Wildman–Crippen MR) is 127 cm³/mol. The molecule has 32 heavy (non-hydrogen) atoms. The van der Waals surface area contributed by atoms with Crippen LogP contribution in [-0.4, -0.2) is 42.5 Å². The van der Waals surface area contributed by atoms with E-state index in [-0.39, 0.29) is 30.8 Å². The Kier molecular flexibility index (Phi) is 10.1. The molecule has 2 amide bonds. The molecule has 0 spiro atoms. The molecule has 2 aromatic carbocycles. The van der Waals surface area contributed by atoms with Crippen LogP contribution in [0.2, 0.25) is 10.0 Å². The Hall–Kier alpha value is -2.44. The van der Waals surface area contributed by atoms with E-state index in [0.29, 0.717) is 34.4 Å². The maximum Gasteiger partial charge on any atom is 0.242 e. The van der Waals surface area contributed by atoms with Crippen molar-refractivity contribution in [3.05, 3.63) is 58.1 Å². The number of nitrogens with zero attached hydrogens (tertiary/aromatic N) is 1. The summed E-state index contributed by atoms with van der Waals surface area (Å²) in [5, 5.41) is 3.76. The second kappa shape index (κ2) is 12.6. The van der Waals surface area contributed by atoms with Gasteiger partial charge in [0.05, 0.1) is 13.7 Å². The summed E-state index contributed by atoms with van der Waals surface area (Å²) in [5.41, 5.74) is 0.614. The molecule has 2 aromatic rings. The molecule has 0 aliphatic rings. The standard InChI is InChI=1S/C24H30Cl2N2O4/c1-16(2)27-24(30)17(3)28(15-20-21(25)7-5-8-22(20)26)23(29)9-6-14-32-19-12-10-18(31-4)11-13-19/h5,7-8,10-13,16-17H,6,9,14-15H2,1-4H3,(H,27,30). The maximum absolute atomic E-state index is 13.1. The molecular weight excluding hydrogens is 451 g/mol. The van der Waals surface area contributed by atoms with Gasteiger partial charge in [-0.05, 0) is 63.6 Å². The van der Waals surface area contributed by atoms with Gasteiger partial charge in [-0.2, -0.15) is 0 Å². The van der Waals surface area contributed by atoms with E-state index in [1.807, 2.05) is 38.1 Å². The molecule has 0 fully saturated rings. The summed E-state index contributed by atoms with van der Waals surface area (Å²) in [6.45, 7) is 5.96. The molecule has 0 aliphatic carbocycles. The molecule has 0 aromatic heterocycles. The summed E-state index contributed by atoms with van der Waals surface area (Å²) in [4.78, 5) is 27.2. The maximum atomic E-state index is 13.1. The Morgan fingerprint density at radius 1 is 1.00 bits per heavy atom. The lowest BCUT2D eigenvalue weighted by molar-refractivity contribution is -0.141. The molecule has 0 saturated heterocycles. The van der Waals surface area contributed by atoms with Gasteiger partial charge in [0.15, 0.2) is 0 Å². The highest BCUT2D eigenvalue weighted by atomic mass is 35.5. The molecule has 1 atom stereocenters. The first-order chi connectivity index (χ1) is 15.2. The summed E-state index contributed by atoms with van der Waals surface area (Å²) in [7, 11) is 1.60. The van der Waals surface area contributed by atoms with E-state index in [1.165, 1.54) is 4.90 Å². The lowest BCUT2D eigenvalue weighted by Gasteiger charge is -2.30. The summed E-state index contributed by atoms with van der Waals surface area (Å²) < 4.78 is 10.8. The third-order valence-corrected chi connectivity index (χ3v) is 5.56. The van der Waals surface area contributed by atoms with E-state index in [0.717, 1.165) is 5.75 Å². The molecule has 0 bridgehead atoms. The lowest BCUT2D eigenvalue weighted by atomic mass is 10.1. The Morgan fingerprint density at radius 3 is 2.16 bits per heavy atom. The lowest BCUT2D eigenvalue weighted by Crippen LogP contribution is -2.49. The van der Waals surface area contributed by atoms with Gasteiger partial charge in [0.1, 0.15) is 17.5 Å². The Labute approximate surface area is 199 Å². The van der Waals surface area contributed by atoms with Crippen molar-refractivity contribution in [1.82, 2.24) is 10.2 Å². The van der Waals surface area contributed by atoms with Crippen molar-refractivity contribution in [3.63, 3.8) is 0 Å². The van der Waals surface area contributed by atoms with Gasteiger partial charge in [-0.15, -0.1) is 0 Å². The van der Waals surface area contributed by atoms with Gasteiger partial charge in [0.25, 0.3) is 0 Å². The SMILES string of the molecule is COc1ccc(OCCCC(=O)N(Cc2c(Cl)cccc2Cl)C(C)C(=O)NC(C)C)cc1. The molecule has 174 valence electrons. The van der Waals surface area contributed by atoms with E-state index in [2.05, 4.69) is 5.32 Å². The Bertz CT molecular complexity index is 883. The molecule has 0 radical (unpaired) electrons. The predicted octanol–water partition coefficient (Wildman–Crippen LogP) is 5.10. The minimum atomic E-state index is -0.681. The first kappa shape index (κ1) is 25.8. The van der Waals surface area contributed by atoms with E-state index in [4.69, 9.17) is 32.7 Å². The zero-order valence-corrected chi connectivity index (χ0v) is 20.4. The van der Waals surface area contributed by atoms with E-state index in [9.17, 15) is 9.59 Å². The Morgan fingerprint density at radius 2 is 1.59 bits per heavy atom. The van der Waals surface area contributed by atoms with Gasteiger partial charge in [-0.25, -0.2) is 0 Å². The van der Waals surface area contributed by atoms with Gasteiger partial charge in [0.2, 0.25) is 11.8 Å². The van der Waals surface area contributed by atoms with Crippen LogP contribution in [0, 0.1) is 0 Å². The van der Waals surface area contributed by atoms with Crippen LogP contribution in [0.4, 0.5) is 0 Å². The molecule has 0 heterocycles. The molecule has 8 heteroatoms. The quantitative estimate of drug-likeness (QED) is 0.454. The van der Waals surface area contributed by atoms with Crippen molar-refractivity contribution in [2.24, 2.45) is 0 Å². The number of methoxy groups -OCH3 is 1. The van der Waals surface area contributed by atoms with Gasteiger partial charge >= 0.3 is 0 Å². The summed E-state index contributed by atoms with van der Waals surface area (Å²) in [5.74, 6) is 1.04. The van der Waals surface area contributed by atoms with E-state index >= 15 is 0 Å². The molecular formula is C24H30Cl2N2O4. The van der Waals surface area contributed by atoms with Crippen LogP contribution >= 0.6 is 23.2 Å². The number of rotatable bonds is 11. The third-order valence-electron chi connectivity index (χ3n) is 4.85. The van der Waals surface area contributed by atoms with Crippen LogP contribution in [0.1, 0.15) is 39.2 Å². The molecule has 6 nitrogen and oxygen atoms in total. The van der Waals surface area contributed by atoms with E-state index < -0.39 is 6.04 Å². The van der Waals surface area contributed by atoms with Crippen LogP contribution in [0.15, 0.2) is 42.5 Å². The number of carbonyl (C=O) groups excluding carboxylic acids is 2. The normalized spacial score (nSPS) is 11.7. The van der Waals surface area contributed by atoms with Crippen LogP contribution < -0.4 is 14.8 Å². The average molecular weight is 481 g/mol. The van der Waals surface area contributed by atoms with Gasteiger partial charge in [-0.1, -0.05) is 29.3 Å². The summed E-state index contributed by atoms with van der Waals surface area (Å²) in [6.07, 6.45) is 0.716. The topological polar surface area (TPSA) is 67.9 Å². The van der Waals surface area contributed by atoms with Crippen LogP contribution in [0.5, 0.6) is 11.5 Å². The zero-order valence-electron chi connectivity index (χ0n) is 18.9. The first-order valence-corrected chi connectivity index (χ1v) is 11.3. The highest BCUT2D eigenvalue weighted by Gasteiger charge is 2.27. The highest BCUT2D eigenvalue weighted by Crippen LogP contribution is 2.27. The fourth-order valence-corrected chi connectivity index (χ4v) is 3.59. The van der Waals surface area contributed by atoms with Crippen LogP contribution in [0.3, 0.4) is 0 Å². The second-order valence-electron chi connectivity index (χ2n) is 7.69. The molecule has 0 aliphatic heterocycles. The van der Waals surface area contributed by atoms with Gasteiger partial charge in [0, 0.05) is 34.6 Å². The fourth-order valence-electron chi connectivity index (χ4n) is 3.07. The van der Waals surface area contributed by atoms with Crippen LogP contribution in [-0.2, 0) is 16.1 Å². The highest BCUT2D eigenvalue weighted by molar-refractivity contribution is 6.36. The smallest absolute Gasteiger partial charge is 0.242 e. The number of ether oxygens (including phenoxy) is 2. The minimum Gasteiger partial charge on any atom is -0.497 e. The fraction of sp³-hybridized carbons (Fsp3) is 0.417. The average Bonchev–Trinajstić information content (AvgIpc) is 2.76. The second-order valence-corrected chi connectivity index (χ2v) is 8.50. The Balaban J connectivity index is 2.04. The van der Waals surface area contributed by atoms with E-state index in [1.54, 1.807) is 32.2 Å². The largest absolute Gasteiger partial charge is 0.497 e. The first-order valence-electron chi connectivity index (χ1n) is 10.5. The number of carbonyl (C=O) groups is 2. The monoisotopic (exact) mass is 480 g/mol. The number of amides is 2. The molecule has 2 rings (SSSR count). The third kappa shape index (κ3) is 7.61. The number of hydrogen-bond acceptors (Lipinski definition) is 4. The summed E-state index contributed by atoms with van der Waals surface area (Å²) >= 11 is 12.6. The number of nitrogens with one attached hydrogen (secondary N) is 1. The van der Waals surface area contributed by atoms with Gasteiger partial charge in [-0.3, -0.25) is 9.59 Å². The van der Waals surface area contributed by atoms with Crippen molar-refractivity contribution in [2.75, 3.05) is 13.7 Å². The zero-order chi connectivity index (χ0) is 23.7.